The molecule has 3 rings (SSSR count). The van der Waals surface area contributed by atoms with E-state index in [1.54, 1.807) is 20.8 Å². The first kappa shape index (κ1) is 26.4. The summed E-state index contributed by atoms with van der Waals surface area (Å²) in [7, 11) is -0.813. The van der Waals surface area contributed by atoms with Crippen LogP contribution in [0.2, 0.25) is 0 Å². The van der Waals surface area contributed by atoms with Crippen molar-refractivity contribution in [1.29, 1.82) is 0 Å². The van der Waals surface area contributed by atoms with Crippen molar-refractivity contribution < 1.29 is 19.1 Å². The normalized spacial score (nSPS) is 12.0. The molecule has 0 atom stereocenters. The van der Waals surface area contributed by atoms with Crippen molar-refractivity contribution in [1.82, 2.24) is 4.90 Å². The number of benzene rings is 3. The van der Waals surface area contributed by atoms with Crippen LogP contribution in [0.1, 0.15) is 27.2 Å². The van der Waals surface area contributed by atoms with E-state index >= 15 is 0 Å². The molecule has 0 aliphatic heterocycles. The molecule has 0 aliphatic carbocycles. The van der Waals surface area contributed by atoms with Crippen molar-refractivity contribution >= 4 is 35.2 Å². The van der Waals surface area contributed by atoms with Gasteiger partial charge >= 0.3 is 209 Å². The van der Waals surface area contributed by atoms with Gasteiger partial charge in [0.05, 0.1) is 0 Å². The van der Waals surface area contributed by atoms with Crippen molar-refractivity contribution in [2.24, 2.45) is 0 Å². The van der Waals surface area contributed by atoms with E-state index in [2.05, 4.69) is 72.8 Å². The van der Waals surface area contributed by atoms with Crippen LogP contribution in [0.3, 0.4) is 0 Å². The fourth-order valence-electron chi connectivity index (χ4n) is 4.27. The molecule has 186 valence electrons. The Hall–Kier alpha value is -3.17. The third kappa shape index (κ3) is 7.16. The molecule has 0 aromatic heterocycles. The number of carbonyl (C=O) groups excluding carboxylic acids is 2. The van der Waals surface area contributed by atoms with Crippen LogP contribution >= 0.6 is 7.26 Å². The molecule has 0 saturated heterocycles. The molecule has 0 fully saturated rings. The van der Waals surface area contributed by atoms with Crippen LogP contribution in [-0.2, 0) is 14.3 Å². The number of carbonyl (C=O) groups is 2. The molecule has 0 unspecified atom stereocenters. The fraction of sp³-hybridized carbons (Fsp3) is 0.310. The molecule has 0 N–H and O–H groups in total. The zero-order valence-electron chi connectivity index (χ0n) is 21.1. The molecular formula is C29H36NO4P. The summed E-state index contributed by atoms with van der Waals surface area (Å²) in [5.74, 6) is -0.440. The van der Waals surface area contributed by atoms with Crippen LogP contribution in [-0.4, -0.2) is 48.9 Å². The molecule has 0 saturated carbocycles. The van der Waals surface area contributed by atoms with Gasteiger partial charge in [-0.05, 0) is 0 Å². The van der Waals surface area contributed by atoms with Crippen LogP contribution in [0.4, 0.5) is 4.79 Å². The van der Waals surface area contributed by atoms with Crippen LogP contribution in [0.5, 0.6) is 0 Å². The molecule has 3 aromatic carbocycles. The number of hydrogen-bond acceptors (Lipinski definition) is 4. The van der Waals surface area contributed by atoms with Gasteiger partial charge in [-0.3, -0.25) is 0 Å². The summed E-state index contributed by atoms with van der Waals surface area (Å²) in [4.78, 5) is 25.8. The predicted molar refractivity (Wildman–Crippen MR) is 146 cm³/mol. The number of nitrogens with zero attached hydrogens (tertiary/aromatic N) is 1. The Morgan fingerprint density at radius 2 is 1.20 bits per heavy atom. The molecule has 0 spiro atoms. The molecule has 1 amide bonds. The number of rotatable bonds is 9. The van der Waals surface area contributed by atoms with Crippen LogP contribution in [0.15, 0.2) is 91.0 Å². The Balaban J connectivity index is 1.74. The van der Waals surface area contributed by atoms with E-state index in [4.69, 9.17) is 9.47 Å². The third-order valence-electron chi connectivity index (χ3n) is 5.83. The summed E-state index contributed by atoms with van der Waals surface area (Å²) in [6.45, 7) is 5.52. The van der Waals surface area contributed by atoms with E-state index in [0.717, 1.165) is 6.16 Å². The first-order valence-corrected chi connectivity index (χ1v) is 14.2. The van der Waals surface area contributed by atoms with Crippen molar-refractivity contribution in [3.05, 3.63) is 91.0 Å². The van der Waals surface area contributed by atoms with Gasteiger partial charge in [0, 0.05) is 0 Å². The van der Waals surface area contributed by atoms with Gasteiger partial charge in [0.1, 0.15) is 0 Å². The summed E-state index contributed by atoms with van der Waals surface area (Å²) in [5.41, 5.74) is -0.616. The summed E-state index contributed by atoms with van der Waals surface area (Å²) >= 11 is 0. The van der Waals surface area contributed by atoms with Crippen LogP contribution in [0.25, 0.3) is 0 Å². The van der Waals surface area contributed by atoms with E-state index in [0.29, 0.717) is 13.0 Å². The van der Waals surface area contributed by atoms with Gasteiger partial charge in [0.15, 0.2) is 0 Å². The fourth-order valence-corrected chi connectivity index (χ4v) is 9.09. The zero-order valence-corrected chi connectivity index (χ0v) is 22.1. The molecule has 6 heteroatoms. The minimum atomic E-state index is -2.35. The SMILES string of the molecule is CN(CC(=O)OCCC[PH](c1ccccc1)(c1ccccc1)c1ccccc1)C(=O)OC(C)(C)C. The monoisotopic (exact) mass is 493 g/mol. The number of likely N-dealkylation sites (N-methyl/N-ethyl adjacent to an activating group) is 1. The topological polar surface area (TPSA) is 55.8 Å². The predicted octanol–water partition coefficient (Wildman–Crippen LogP) is 4.51. The van der Waals surface area contributed by atoms with Crippen molar-refractivity contribution in [2.45, 2.75) is 32.8 Å². The second-order valence-electron chi connectivity index (χ2n) is 9.66. The number of hydrogen-bond donors (Lipinski definition) is 0. The number of ether oxygens (including phenoxy) is 2. The third-order valence-corrected chi connectivity index (χ3v) is 10.9. The van der Waals surface area contributed by atoms with Crippen LogP contribution < -0.4 is 15.9 Å². The maximum atomic E-state index is 12.4. The molecular weight excluding hydrogens is 457 g/mol. The Bertz CT molecular complexity index is 985. The Morgan fingerprint density at radius 1 is 0.771 bits per heavy atom. The number of amides is 1. The average Bonchev–Trinajstić information content (AvgIpc) is 2.85. The van der Waals surface area contributed by atoms with E-state index in [9.17, 15) is 9.59 Å². The number of esters is 1. The summed E-state index contributed by atoms with van der Waals surface area (Å²) < 4.78 is 10.8. The average molecular weight is 494 g/mol. The minimum absolute atomic E-state index is 0.145. The molecule has 5 nitrogen and oxygen atoms in total. The summed E-state index contributed by atoms with van der Waals surface area (Å²) in [6.07, 6.45) is 1.06. The molecule has 0 radical (unpaired) electrons. The zero-order chi connectivity index (χ0) is 25.3. The standard InChI is InChI=1S/C29H36NO4P/c1-29(2,3)34-28(32)30(4)23-27(31)33-21-14-22-35(24-15-8-5-9-16-24,25-17-10-6-11-18-25)26-19-12-7-13-20-26/h5-13,15-20,35H,14,21-23H2,1-4H3. The summed E-state index contributed by atoms with van der Waals surface area (Å²) in [6, 6.07) is 32.0. The Kier molecular flexibility index (Phi) is 9.06. The quantitative estimate of drug-likeness (QED) is 0.250. The second-order valence-corrected chi connectivity index (χ2v) is 13.7. The van der Waals surface area contributed by atoms with Crippen molar-refractivity contribution in [3.8, 4) is 0 Å². The van der Waals surface area contributed by atoms with E-state index in [1.807, 2.05) is 18.2 Å². The van der Waals surface area contributed by atoms with Gasteiger partial charge in [-0.2, -0.15) is 0 Å². The first-order valence-electron chi connectivity index (χ1n) is 12.0. The van der Waals surface area contributed by atoms with Gasteiger partial charge < -0.3 is 0 Å². The van der Waals surface area contributed by atoms with Gasteiger partial charge in [-0.15, -0.1) is 0 Å². The second kappa shape index (κ2) is 12.0. The molecule has 3 aromatic rings. The first-order chi connectivity index (χ1) is 16.7. The van der Waals surface area contributed by atoms with E-state index in [1.165, 1.54) is 27.9 Å². The van der Waals surface area contributed by atoms with E-state index < -0.39 is 24.9 Å². The van der Waals surface area contributed by atoms with Gasteiger partial charge in [0.2, 0.25) is 0 Å². The van der Waals surface area contributed by atoms with E-state index in [-0.39, 0.29) is 6.54 Å². The Morgan fingerprint density at radius 3 is 1.60 bits per heavy atom. The molecule has 0 heterocycles. The van der Waals surface area contributed by atoms with Gasteiger partial charge in [-0.25, -0.2) is 0 Å². The van der Waals surface area contributed by atoms with Gasteiger partial charge in [0.25, 0.3) is 0 Å². The molecule has 0 aliphatic rings. The van der Waals surface area contributed by atoms with Crippen LogP contribution in [0, 0.1) is 0 Å². The maximum absolute atomic E-state index is 12.4. The summed E-state index contributed by atoms with van der Waals surface area (Å²) in [5, 5.41) is 3.98. The van der Waals surface area contributed by atoms with Gasteiger partial charge in [-0.1, -0.05) is 0 Å². The molecule has 35 heavy (non-hydrogen) atoms. The van der Waals surface area contributed by atoms with Crippen molar-refractivity contribution in [3.63, 3.8) is 0 Å². The van der Waals surface area contributed by atoms with Crippen molar-refractivity contribution in [2.75, 3.05) is 26.4 Å². The molecule has 0 bridgehead atoms. The Labute approximate surface area is 209 Å².